The lowest BCUT2D eigenvalue weighted by Crippen LogP contribution is -2.51. The SMILES string of the molecule is Cc1cc(NC(=O)CN2CCN(C(=O)COc3ccc(C)c(C)c3)CC2)no1. The number of ether oxygens (including phenoxy) is 1. The molecule has 1 aliphatic heterocycles. The Morgan fingerprint density at radius 3 is 2.50 bits per heavy atom. The molecule has 28 heavy (non-hydrogen) atoms. The van der Waals surface area contributed by atoms with Crippen LogP contribution in [0.25, 0.3) is 0 Å². The largest absolute Gasteiger partial charge is 0.484 e. The van der Waals surface area contributed by atoms with E-state index in [4.69, 9.17) is 9.26 Å². The van der Waals surface area contributed by atoms with E-state index in [1.807, 2.05) is 36.9 Å². The highest BCUT2D eigenvalue weighted by Gasteiger charge is 2.23. The summed E-state index contributed by atoms with van der Waals surface area (Å²) in [6.45, 7) is 8.53. The monoisotopic (exact) mass is 386 g/mol. The van der Waals surface area contributed by atoms with Crippen LogP contribution in [0.2, 0.25) is 0 Å². The Balaban J connectivity index is 1.39. The van der Waals surface area contributed by atoms with Crippen LogP contribution in [0.3, 0.4) is 0 Å². The molecule has 0 unspecified atom stereocenters. The number of aromatic nitrogens is 1. The predicted octanol–water partition coefficient (Wildman–Crippen LogP) is 1.76. The van der Waals surface area contributed by atoms with E-state index in [-0.39, 0.29) is 25.0 Å². The maximum atomic E-state index is 12.4. The highest BCUT2D eigenvalue weighted by Crippen LogP contribution is 2.16. The fourth-order valence-corrected chi connectivity index (χ4v) is 3.01. The van der Waals surface area contributed by atoms with Gasteiger partial charge in [0.25, 0.3) is 5.91 Å². The van der Waals surface area contributed by atoms with Crippen molar-refractivity contribution < 1.29 is 18.8 Å². The van der Waals surface area contributed by atoms with E-state index in [9.17, 15) is 9.59 Å². The lowest BCUT2D eigenvalue weighted by molar-refractivity contribution is -0.135. The quantitative estimate of drug-likeness (QED) is 0.814. The second-order valence-electron chi connectivity index (χ2n) is 7.06. The molecule has 3 rings (SSSR count). The average Bonchev–Trinajstić information content (AvgIpc) is 3.07. The Labute approximate surface area is 164 Å². The summed E-state index contributed by atoms with van der Waals surface area (Å²) in [6, 6.07) is 7.47. The molecule has 1 aromatic carbocycles. The van der Waals surface area contributed by atoms with Crippen molar-refractivity contribution in [2.24, 2.45) is 0 Å². The van der Waals surface area contributed by atoms with Crippen LogP contribution in [0.15, 0.2) is 28.8 Å². The van der Waals surface area contributed by atoms with Crippen LogP contribution in [0.5, 0.6) is 5.75 Å². The van der Waals surface area contributed by atoms with E-state index in [0.717, 1.165) is 5.56 Å². The number of piperazine rings is 1. The minimum atomic E-state index is -0.147. The number of hydrogen-bond donors (Lipinski definition) is 1. The second-order valence-corrected chi connectivity index (χ2v) is 7.06. The predicted molar refractivity (Wildman–Crippen MR) is 104 cm³/mol. The molecule has 0 bridgehead atoms. The Kier molecular flexibility index (Phi) is 6.30. The van der Waals surface area contributed by atoms with E-state index in [1.54, 1.807) is 17.9 Å². The highest BCUT2D eigenvalue weighted by molar-refractivity contribution is 5.91. The molecule has 1 aromatic heterocycles. The fourth-order valence-electron chi connectivity index (χ4n) is 3.01. The van der Waals surface area contributed by atoms with Gasteiger partial charge in [0.1, 0.15) is 11.5 Å². The number of rotatable bonds is 6. The molecule has 0 saturated carbocycles. The zero-order chi connectivity index (χ0) is 20.1. The molecule has 8 nitrogen and oxygen atoms in total. The molecule has 2 amide bonds. The van der Waals surface area contributed by atoms with Crippen LogP contribution < -0.4 is 10.1 Å². The molecule has 0 spiro atoms. The number of nitrogens with one attached hydrogen (secondary N) is 1. The molecule has 0 atom stereocenters. The highest BCUT2D eigenvalue weighted by atomic mass is 16.5. The van der Waals surface area contributed by atoms with Crippen molar-refractivity contribution in [1.82, 2.24) is 15.0 Å². The zero-order valence-corrected chi connectivity index (χ0v) is 16.5. The van der Waals surface area contributed by atoms with Crippen molar-refractivity contribution in [3.8, 4) is 5.75 Å². The van der Waals surface area contributed by atoms with Gasteiger partial charge in [-0.2, -0.15) is 0 Å². The van der Waals surface area contributed by atoms with Crippen LogP contribution in [0.1, 0.15) is 16.9 Å². The Hall–Kier alpha value is -2.87. The van der Waals surface area contributed by atoms with Crippen LogP contribution in [0.4, 0.5) is 5.82 Å². The smallest absolute Gasteiger partial charge is 0.260 e. The first-order valence-electron chi connectivity index (χ1n) is 9.34. The van der Waals surface area contributed by atoms with Crippen molar-refractivity contribution in [3.05, 3.63) is 41.2 Å². The molecular formula is C20H26N4O4. The number of benzene rings is 1. The first kappa shape index (κ1) is 19.9. The van der Waals surface area contributed by atoms with Gasteiger partial charge in [0, 0.05) is 32.2 Å². The summed E-state index contributed by atoms with van der Waals surface area (Å²) < 4.78 is 10.6. The zero-order valence-electron chi connectivity index (χ0n) is 16.5. The molecule has 2 aromatic rings. The first-order valence-corrected chi connectivity index (χ1v) is 9.34. The normalized spacial score (nSPS) is 14.8. The van der Waals surface area contributed by atoms with Crippen LogP contribution in [-0.4, -0.2) is 66.1 Å². The van der Waals surface area contributed by atoms with Crippen LogP contribution in [-0.2, 0) is 9.59 Å². The summed E-state index contributed by atoms with van der Waals surface area (Å²) in [7, 11) is 0. The van der Waals surface area contributed by atoms with Gasteiger partial charge in [-0.3, -0.25) is 14.5 Å². The molecule has 0 radical (unpaired) electrons. The van der Waals surface area contributed by atoms with Gasteiger partial charge in [-0.25, -0.2) is 0 Å². The van der Waals surface area contributed by atoms with Crippen molar-refractivity contribution >= 4 is 17.6 Å². The third-order valence-corrected chi connectivity index (χ3v) is 4.83. The van der Waals surface area contributed by atoms with Gasteiger partial charge in [0.2, 0.25) is 5.91 Å². The summed E-state index contributed by atoms with van der Waals surface area (Å²) in [5.74, 6) is 1.58. The van der Waals surface area contributed by atoms with E-state index in [1.165, 1.54) is 5.56 Å². The van der Waals surface area contributed by atoms with Gasteiger partial charge in [-0.05, 0) is 44.0 Å². The average molecular weight is 386 g/mol. The van der Waals surface area contributed by atoms with Crippen LogP contribution >= 0.6 is 0 Å². The topological polar surface area (TPSA) is 87.9 Å². The maximum Gasteiger partial charge on any atom is 0.260 e. The Bertz CT molecular complexity index is 840. The lowest BCUT2D eigenvalue weighted by atomic mass is 10.1. The molecule has 1 fully saturated rings. The minimum Gasteiger partial charge on any atom is -0.484 e. The van der Waals surface area contributed by atoms with Gasteiger partial charge >= 0.3 is 0 Å². The van der Waals surface area contributed by atoms with E-state index >= 15 is 0 Å². The number of carbonyl (C=O) groups excluding carboxylic acids is 2. The molecular weight excluding hydrogens is 360 g/mol. The summed E-state index contributed by atoms with van der Waals surface area (Å²) in [5, 5.41) is 6.45. The van der Waals surface area contributed by atoms with Gasteiger partial charge < -0.3 is 19.5 Å². The number of anilines is 1. The second kappa shape index (κ2) is 8.88. The van der Waals surface area contributed by atoms with Crippen LogP contribution in [0, 0.1) is 20.8 Å². The van der Waals surface area contributed by atoms with Gasteiger partial charge in [-0.1, -0.05) is 11.2 Å². The molecule has 150 valence electrons. The summed E-state index contributed by atoms with van der Waals surface area (Å²) in [6.07, 6.45) is 0. The fraction of sp³-hybridized carbons (Fsp3) is 0.450. The lowest BCUT2D eigenvalue weighted by Gasteiger charge is -2.34. The number of amides is 2. The summed E-state index contributed by atoms with van der Waals surface area (Å²) in [5.41, 5.74) is 2.33. The van der Waals surface area contributed by atoms with E-state index in [0.29, 0.717) is 43.5 Å². The van der Waals surface area contributed by atoms with E-state index in [2.05, 4.69) is 10.5 Å². The Morgan fingerprint density at radius 1 is 1.11 bits per heavy atom. The number of carbonyl (C=O) groups is 2. The molecule has 1 aliphatic rings. The summed E-state index contributed by atoms with van der Waals surface area (Å²) >= 11 is 0. The first-order chi connectivity index (χ1) is 13.4. The standard InChI is InChI=1S/C20H26N4O4/c1-14-4-5-17(10-15(14)2)27-13-20(26)24-8-6-23(7-9-24)12-19(25)21-18-11-16(3)28-22-18/h4-5,10-11H,6-9,12-13H2,1-3H3,(H,21,22,25). The van der Waals surface area contributed by atoms with Crippen molar-refractivity contribution in [1.29, 1.82) is 0 Å². The molecule has 8 heteroatoms. The van der Waals surface area contributed by atoms with Crippen molar-refractivity contribution in [2.75, 3.05) is 44.6 Å². The van der Waals surface area contributed by atoms with Gasteiger partial charge in [0.05, 0.1) is 6.54 Å². The number of aryl methyl sites for hydroxylation is 3. The Morgan fingerprint density at radius 2 is 1.86 bits per heavy atom. The van der Waals surface area contributed by atoms with E-state index < -0.39 is 0 Å². The van der Waals surface area contributed by atoms with Crippen molar-refractivity contribution in [3.63, 3.8) is 0 Å². The molecule has 1 saturated heterocycles. The molecule has 2 heterocycles. The maximum absolute atomic E-state index is 12.4. The summed E-state index contributed by atoms with van der Waals surface area (Å²) in [4.78, 5) is 28.2. The third-order valence-electron chi connectivity index (χ3n) is 4.83. The number of nitrogens with zero attached hydrogens (tertiary/aromatic N) is 3. The minimum absolute atomic E-state index is 0.0223. The van der Waals surface area contributed by atoms with Gasteiger partial charge in [-0.15, -0.1) is 0 Å². The molecule has 0 aliphatic carbocycles. The van der Waals surface area contributed by atoms with Crippen molar-refractivity contribution in [2.45, 2.75) is 20.8 Å². The molecule has 1 N–H and O–H groups in total. The van der Waals surface area contributed by atoms with Gasteiger partial charge in [0.15, 0.2) is 12.4 Å². The number of hydrogen-bond acceptors (Lipinski definition) is 6. The third kappa shape index (κ3) is 5.32.